The molecule has 8 heteroatoms. The molecule has 2 rings (SSSR count). The quantitative estimate of drug-likeness (QED) is 0.813. The first-order chi connectivity index (χ1) is 11.2. The molecular weight excluding hydrogens is 319 g/mol. The summed E-state index contributed by atoms with van der Waals surface area (Å²) in [6.45, 7) is 9.15. The number of halogens is 3. The van der Waals surface area contributed by atoms with Crippen LogP contribution in [0.3, 0.4) is 0 Å². The molecular formula is C16H22F3N5. The Kier molecular flexibility index (Phi) is 5.46. The highest BCUT2D eigenvalue weighted by Crippen LogP contribution is 2.30. The highest BCUT2D eigenvalue weighted by atomic mass is 19.4. The van der Waals surface area contributed by atoms with Crippen LogP contribution in [0.5, 0.6) is 0 Å². The lowest BCUT2D eigenvalue weighted by Gasteiger charge is -2.20. The average Bonchev–Trinajstić information content (AvgIpc) is 2.89. The Hall–Kier alpha value is -2.12. The van der Waals surface area contributed by atoms with Gasteiger partial charge >= 0.3 is 6.18 Å². The molecule has 1 aromatic heterocycles. The van der Waals surface area contributed by atoms with E-state index in [1.807, 2.05) is 19.9 Å². The molecule has 0 radical (unpaired) electrons. The summed E-state index contributed by atoms with van der Waals surface area (Å²) in [6.07, 6.45) is -1.08. The molecule has 2 N–H and O–H groups in total. The average molecular weight is 341 g/mol. The Balaban J connectivity index is 2.35. The van der Waals surface area contributed by atoms with E-state index in [-0.39, 0.29) is 24.4 Å². The Morgan fingerprint density at radius 3 is 2.21 bits per heavy atom. The maximum Gasteiger partial charge on any atom is 0.408 e. The van der Waals surface area contributed by atoms with Gasteiger partial charge in [-0.1, -0.05) is 25.2 Å². The van der Waals surface area contributed by atoms with Crippen molar-refractivity contribution in [1.82, 2.24) is 15.0 Å². The van der Waals surface area contributed by atoms with Crippen LogP contribution in [0.4, 0.5) is 25.1 Å². The van der Waals surface area contributed by atoms with E-state index in [1.165, 1.54) is 6.92 Å². The zero-order chi connectivity index (χ0) is 17.9. The Bertz CT molecular complexity index is 637. The highest BCUT2D eigenvalue weighted by Gasteiger charge is 2.38. The fourth-order valence-corrected chi connectivity index (χ4v) is 2.34. The van der Waals surface area contributed by atoms with E-state index in [2.05, 4.69) is 32.2 Å². The Labute approximate surface area is 139 Å². The molecule has 1 heterocycles. The number of anilines is 2. The van der Waals surface area contributed by atoms with Crippen molar-refractivity contribution in [1.29, 1.82) is 0 Å². The smallest absolute Gasteiger partial charge is 0.352 e. The Morgan fingerprint density at radius 2 is 1.75 bits per heavy atom. The van der Waals surface area contributed by atoms with E-state index in [1.54, 1.807) is 0 Å². The second-order valence-corrected chi connectivity index (χ2v) is 6.08. The van der Waals surface area contributed by atoms with Gasteiger partial charge in [0.15, 0.2) is 5.82 Å². The summed E-state index contributed by atoms with van der Waals surface area (Å²) in [7, 11) is 0. The van der Waals surface area contributed by atoms with Gasteiger partial charge in [0.1, 0.15) is 6.04 Å². The van der Waals surface area contributed by atoms with Gasteiger partial charge in [0.25, 0.3) is 0 Å². The number of allylic oxidation sites excluding steroid dienone is 3. The summed E-state index contributed by atoms with van der Waals surface area (Å²) in [5, 5.41) is 5.40. The minimum Gasteiger partial charge on any atom is -0.352 e. The Morgan fingerprint density at radius 1 is 1.12 bits per heavy atom. The van der Waals surface area contributed by atoms with Crippen LogP contribution in [0.25, 0.3) is 5.57 Å². The largest absolute Gasteiger partial charge is 0.408 e. The second-order valence-electron chi connectivity index (χ2n) is 6.08. The van der Waals surface area contributed by atoms with E-state index in [4.69, 9.17) is 0 Å². The predicted molar refractivity (Wildman–Crippen MR) is 88.7 cm³/mol. The van der Waals surface area contributed by atoms with Gasteiger partial charge in [0.2, 0.25) is 11.9 Å². The molecule has 0 spiro atoms. The zero-order valence-electron chi connectivity index (χ0n) is 14.0. The number of alkyl halides is 3. The van der Waals surface area contributed by atoms with Gasteiger partial charge in [0, 0.05) is 6.04 Å². The van der Waals surface area contributed by atoms with Crippen molar-refractivity contribution in [3.63, 3.8) is 0 Å². The number of hydrogen-bond acceptors (Lipinski definition) is 5. The minimum absolute atomic E-state index is 0.0465. The minimum atomic E-state index is -4.37. The van der Waals surface area contributed by atoms with Crippen LogP contribution >= 0.6 is 0 Å². The number of hydrogen-bond donors (Lipinski definition) is 2. The van der Waals surface area contributed by atoms with Gasteiger partial charge in [-0.05, 0) is 38.7 Å². The van der Waals surface area contributed by atoms with Crippen molar-refractivity contribution in [3.8, 4) is 0 Å². The number of aromatic nitrogens is 3. The maximum absolute atomic E-state index is 13.0. The predicted octanol–water partition coefficient (Wildman–Crippen LogP) is 4.18. The molecule has 1 aromatic rings. The number of rotatable bonds is 6. The van der Waals surface area contributed by atoms with E-state index >= 15 is 0 Å². The third-order valence-corrected chi connectivity index (χ3v) is 3.54. The van der Waals surface area contributed by atoms with Crippen molar-refractivity contribution < 1.29 is 13.2 Å². The van der Waals surface area contributed by atoms with E-state index in [9.17, 15) is 13.2 Å². The fraction of sp³-hybridized carbons (Fsp3) is 0.562. The fourth-order valence-electron chi connectivity index (χ4n) is 2.34. The maximum atomic E-state index is 13.0. The van der Waals surface area contributed by atoms with Crippen LogP contribution < -0.4 is 10.6 Å². The van der Waals surface area contributed by atoms with Gasteiger partial charge in [-0.15, -0.1) is 0 Å². The third kappa shape index (κ3) is 4.69. The summed E-state index contributed by atoms with van der Waals surface area (Å²) in [6, 6.07) is -1.66. The van der Waals surface area contributed by atoms with Gasteiger partial charge in [-0.2, -0.15) is 28.1 Å². The summed E-state index contributed by atoms with van der Waals surface area (Å²) < 4.78 is 39.0. The molecule has 5 nitrogen and oxygen atoms in total. The lowest BCUT2D eigenvalue weighted by atomic mass is 10.2. The van der Waals surface area contributed by atoms with E-state index < -0.39 is 12.2 Å². The zero-order valence-corrected chi connectivity index (χ0v) is 14.0. The van der Waals surface area contributed by atoms with Crippen LogP contribution in [0.2, 0.25) is 0 Å². The van der Waals surface area contributed by atoms with Crippen molar-refractivity contribution in [2.24, 2.45) is 0 Å². The van der Waals surface area contributed by atoms with Gasteiger partial charge in [0.05, 0.1) is 0 Å². The van der Waals surface area contributed by atoms with Crippen molar-refractivity contribution in [2.75, 3.05) is 10.6 Å². The molecule has 0 fully saturated rings. The molecule has 0 bridgehead atoms. The lowest BCUT2D eigenvalue weighted by Crippen LogP contribution is -2.36. The van der Waals surface area contributed by atoms with Crippen LogP contribution in [0.15, 0.2) is 18.2 Å². The lowest BCUT2D eigenvalue weighted by molar-refractivity contribution is -0.143. The summed E-state index contributed by atoms with van der Waals surface area (Å²) in [4.78, 5) is 12.6. The van der Waals surface area contributed by atoms with Crippen LogP contribution in [-0.4, -0.2) is 33.2 Å². The van der Waals surface area contributed by atoms with Gasteiger partial charge in [-0.25, -0.2) is 0 Å². The first kappa shape index (κ1) is 18.2. The first-order valence-corrected chi connectivity index (χ1v) is 7.93. The van der Waals surface area contributed by atoms with E-state index in [0.717, 1.165) is 24.0 Å². The van der Waals surface area contributed by atoms with E-state index in [0.29, 0.717) is 5.82 Å². The van der Waals surface area contributed by atoms with Gasteiger partial charge < -0.3 is 10.6 Å². The monoisotopic (exact) mass is 341 g/mol. The topological polar surface area (TPSA) is 62.7 Å². The second kappa shape index (κ2) is 7.19. The summed E-state index contributed by atoms with van der Waals surface area (Å²) in [5.74, 6) is 0.560. The molecule has 0 saturated carbocycles. The molecule has 0 aromatic carbocycles. The summed E-state index contributed by atoms with van der Waals surface area (Å²) in [5.41, 5.74) is 1.82. The van der Waals surface area contributed by atoms with Crippen LogP contribution in [0.1, 0.15) is 45.9 Å². The van der Waals surface area contributed by atoms with Crippen molar-refractivity contribution >= 4 is 17.5 Å². The van der Waals surface area contributed by atoms with Crippen LogP contribution in [-0.2, 0) is 0 Å². The molecule has 0 saturated heterocycles. The van der Waals surface area contributed by atoms with Crippen LogP contribution in [0, 0.1) is 0 Å². The number of nitrogens with zero attached hydrogens (tertiary/aromatic N) is 3. The molecule has 24 heavy (non-hydrogen) atoms. The molecule has 1 aliphatic carbocycles. The first-order valence-electron chi connectivity index (χ1n) is 7.93. The number of nitrogens with one attached hydrogen (secondary N) is 2. The molecule has 0 aliphatic heterocycles. The molecule has 0 unspecified atom stereocenters. The molecule has 1 atom stereocenters. The third-order valence-electron chi connectivity index (χ3n) is 3.54. The van der Waals surface area contributed by atoms with Gasteiger partial charge in [-0.3, -0.25) is 0 Å². The standard InChI is InChI=1S/C16H22F3N5/c1-5-12(16(17,18)19)21-15-23-13(11-7-6-10(4)8-11)22-14(24-15)20-9(2)3/h8-9,12H,4-7H2,1-3H3,(H2,20,21,22,23,24)/t12-/m1/s1. The molecule has 1 aliphatic rings. The molecule has 0 amide bonds. The van der Waals surface area contributed by atoms with Crippen molar-refractivity contribution in [2.45, 2.75) is 58.3 Å². The normalized spacial score (nSPS) is 16.3. The van der Waals surface area contributed by atoms with Crippen molar-refractivity contribution in [3.05, 3.63) is 24.1 Å². The molecule has 132 valence electrons. The summed E-state index contributed by atoms with van der Waals surface area (Å²) >= 11 is 0. The highest BCUT2D eigenvalue weighted by molar-refractivity contribution is 5.68. The SMILES string of the molecule is C=C1C=C(c2nc(NC(C)C)nc(N[C@H](CC)C(F)(F)F)n2)CC1.